The van der Waals surface area contributed by atoms with Crippen molar-refractivity contribution in [1.29, 1.82) is 0 Å². The summed E-state index contributed by atoms with van der Waals surface area (Å²) in [5.74, 6) is 2.84. The second-order valence-corrected chi connectivity index (χ2v) is 5.17. The van der Waals surface area contributed by atoms with E-state index in [0.717, 1.165) is 41.6 Å². The molecular weight excluding hydrogens is 244 g/mol. The van der Waals surface area contributed by atoms with Crippen LogP contribution in [-0.2, 0) is 23.5 Å². The molecule has 0 radical (unpaired) electrons. The molecule has 0 spiro atoms. The van der Waals surface area contributed by atoms with Crippen molar-refractivity contribution in [1.82, 2.24) is 9.97 Å². The van der Waals surface area contributed by atoms with Crippen molar-refractivity contribution in [2.24, 2.45) is 0 Å². The average molecular weight is 259 g/mol. The molecule has 5 heteroatoms. The number of nitrogens with zero attached hydrogens (tertiary/aromatic N) is 2. The molecule has 0 aliphatic carbocycles. The molecule has 16 heavy (non-hydrogen) atoms. The molecular formula is C11H15ClN2OS. The molecule has 2 heterocycles. The van der Waals surface area contributed by atoms with E-state index < -0.39 is 0 Å². The topological polar surface area (TPSA) is 35.0 Å². The Hall–Kier alpha value is -0.320. The van der Waals surface area contributed by atoms with Gasteiger partial charge in [-0.05, 0) is 12.2 Å². The van der Waals surface area contributed by atoms with Crippen molar-refractivity contribution in [2.45, 2.75) is 32.1 Å². The molecule has 3 nitrogen and oxygen atoms in total. The van der Waals surface area contributed by atoms with E-state index >= 15 is 0 Å². The second-order valence-electron chi connectivity index (χ2n) is 3.71. The van der Waals surface area contributed by atoms with Crippen LogP contribution < -0.4 is 0 Å². The first kappa shape index (κ1) is 12.1. The van der Waals surface area contributed by atoms with Crippen molar-refractivity contribution in [3.63, 3.8) is 0 Å². The van der Waals surface area contributed by atoms with Crippen LogP contribution in [0.2, 0.25) is 5.15 Å². The third-order valence-electron chi connectivity index (χ3n) is 2.40. The molecule has 0 amide bonds. The molecule has 0 unspecified atom stereocenters. The molecule has 0 saturated carbocycles. The fourth-order valence-electron chi connectivity index (χ4n) is 1.61. The molecule has 0 bridgehead atoms. The molecule has 1 aromatic rings. The highest BCUT2D eigenvalue weighted by Gasteiger charge is 2.16. The van der Waals surface area contributed by atoms with E-state index in [2.05, 4.69) is 16.9 Å². The first-order valence-electron chi connectivity index (χ1n) is 5.51. The smallest absolute Gasteiger partial charge is 0.140 e. The third kappa shape index (κ3) is 2.87. The van der Waals surface area contributed by atoms with Crippen molar-refractivity contribution in [3.8, 4) is 0 Å². The highest BCUT2D eigenvalue weighted by atomic mass is 35.5. The lowest BCUT2D eigenvalue weighted by Crippen LogP contribution is -2.14. The summed E-state index contributed by atoms with van der Waals surface area (Å²) in [4.78, 5) is 8.86. The van der Waals surface area contributed by atoms with E-state index in [4.69, 9.17) is 16.3 Å². The maximum atomic E-state index is 6.12. The maximum absolute atomic E-state index is 6.12. The predicted molar refractivity (Wildman–Crippen MR) is 66.9 cm³/mol. The first-order valence-corrected chi connectivity index (χ1v) is 7.04. The van der Waals surface area contributed by atoms with Gasteiger partial charge in [-0.2, -0.15) is 11.8 Å². The summed E-state index contributed by atoms with van der Waals surface area (Å²) in [5, 5.41) is 0.566. The van der Waals surface area contributed by atoms with Crippen LogP contribution in [0.15, 0.2) is 0 Å². The van der Waals surface area contributed by atoms with Gasteiger partial charge in [0.25, 0.3) is 0 Å². The lowest BCUT2D eigenvalue weighted by atomic mass is 10.1. The minimum absolute atomic E-state index is 0.552. The number of aromatic nitrogens is 2. The summed E-state index contributed by atoms with van der Waals surface area (Å²) in [7, 11) is 0. The van der Waals surface area contributed by atoms with Gasteiger partial charge in [-0.15, -0.1) is 0 Å². The maximum Gasteiger partial charge on any atom is 0.140 e. The summed E-state index contributed by atoms with van der Waals surface area (Å²) in [6.45, 7) is 3.46. The van der Waals surface area contributed by atoms with Gasteiger partial charge in [0.1, 0.15) is 11.0 Å². The minimum atomic E-state index is 0.552. The molecule has 0 saturated heterocycles. The first-order chi connectivity index (χ1) is 7.81. The minimum Gasteiger partial charge on any atom is -0.376 e. The fraction of sp³-hybridized carbons (Fsp3) is 0.636. The molecule has 0 aromatic carbocycles. The van der Waals surface area contributed by atoms with Crippen molar-refractivity contribution in [2.75, 3.05) is 12.4 Å². The van der Waals surface area contributed by atoms with Crippen molar-refractivity contribution in [3.05, 3.63) is 22.2 Å². The SMILES string of the molecule is CCCSCc1nc(Cl)c2c(n1)CCOC2. The van der Waals surface area contributed by atoms with E-state index in [1.807, 2.05) is 11.8 Å². The molecule has 1 aliphatic rings. The number of fused-ring (bicyclic) bond motifs is 1. The summed E-state index contributed by atoms with van der Waals surface area (Å²) >= 11 is 7.97. The summed E-state index contributed by atoms with van der Waals surface area (Å²) in [6, 6.07) is 0. The Morgan fingerprint density at radius 1 is 1.44 bits per heavy atom. The van der Waals surface area contributed by atoms with Gasteiger partial charge < -0.3 is 4.74 Å². The van der Waals surface area contributed by atoms with Crippen molar-refractivity contribution >= 4 is 23.4 Å². The van der Waals surface area contributed by atoms with Crippen LogP contribution in [0.4, 0.5) is 0 Å². The van der Waals surface area contributed by atoms with Gasteiger partial charge >= 0.3 is 0 Å². The van der Waals surface area contributed by atoms with Crippen LogP contribution in [0.3, 0.4) is 0 Å². The zero-order valence-electron chi connectivity index (χ0n) is 9.33. The number of hydrogen-bond donors (Lipinski definition) is 0. The summed E-state index contributed by atoms with van der Waals surface area (Å²) in [5.41, 5.74) is 2.04. The normalized spacial score (nSPS) is 14.9. The lowest BCUT2D eigenvalue weighted by Gasteiger charge is -2.16. The number of thioether (sulfide) groups is 1. The van der Waals surface area contributed by atoms with Gasteiger partial charge in [-0.1, -0.05) is 18.5 Å². The zero-order valence-corrected chi connectivity index (χ0v) is 10.9. The van der Waals surface area contributed by atoms with Gasteiger partial charge in [0, 0.05) is 12.0 Å². The van der Waals surface area contributed by atoms with Gasteiger partial charge in [0.2, 0.25) is 0 Å². The Morgan fingerprint density at radius 2 is 2.31 bits per heavy atom. The van der Waals surface area contributed by atoms with Gasteiger partial charge in [0.05, 0.1) is 24.7 Å². The Balaban J connectivity index is 2.12. The highest BCUT2D eigenvalue weighted by molar-refractivity contribution is 7.98. The average Bonchev–Trinajstić information content (AvgIpc) is 2.30. The van der Waals surface area contributed by atoms with Crippen LogP contribution in [0, 0.1) is 0 Å². The summed E-state index contributed by atoms with van der Waals surface area (Å²) < 4.78 is 5.35. The number of hydrogen-bond acceptors (Lipinski definition) is 4. The van der Waals surface area contributed by atoms with Crippen LogP contribution in [0.5, 0.6) is 0 Å². The van der Waals surface area contributed by atoms with E-state index in [1.54, 1.807) is 0 Å². The van der Waals surface area contributed by atoms with Crippen molar-refractivity contribution < 1.29 is 4.74 Å². The largest absolute Gasteiger partial charge is 0.376 e. The van der Waals surface area contributed by atoms with Gasteiger partial charge in [-0.25, -0.2) is 9.97 Å². The van der Waals surface area contributed by atoms with Gasteiger partial charge in [0.15, 0.2) is 0 Å². The third-order valence-corrected chi connectivity index (χ3v) is 3.87. The van der Waals surface area contributed by atoms with Crippen LogP contribution in [-0.4, -0.2) is 22.3 Å². The lowest BCUT2D eigenvalue weighted by molar-refractivity contribution is 0.109. The fourth-order valence-corrected chi connectivity index (χ4v) is 2.62. The predicted octanol–water partition coefficient (Wildman–Crippen LogP) is 2.85. The zero-order chi connectivity index (χ0) is 11.4. The van der Waals surface area contributed by atoms with Crippen LogP contribution in [0.1, 0.15) is 30.4 Å². The quantitative estimate of drug-likeness (QED) is 0.615. The van der Waals surface area contributed by atoms with E-state index in [9.17, 15) is 0 Å². The monoisotopic (exact) mass is 258 g/mol. The Morgan fingerprint density at radius 3 is 3.12 bits per heavy atom. The van der Waals surface area contributed by atoms with Crippen LogP contribution >= 0.6 is 23.4 Å². The molecule has 1 aliphatic heterocycles. The van der Waals surface area contributed by atoms with E-state index in [1.165, 1.54) is 6.42 Å². The van der Waals surface area contributed by atoms with Gasteiger partial charge in [-0.3, -0.25) is 0 Å². The molecule has 2 rings (SSSR count). The number of ether oxygens (including phenoxy) is 1. The molecule has 88 valence electrons. The van der Waals surface area contributed by atoms with Crippen LogP contribution in [0.25, 0.3) is 0 Å². The Bertz CT molecular complexity index is 373. The number of rotatable bonds is 4. The van der Waals surface area contributed by atoms with E-state index in [0.29, 0.717) is 11.8 Å². The molecule has 0 atom stereocenters. The molecule has 1 aromatic heterocycles. The molecule has 0 N–H and O–H groups in total. The molecule has 0 fully saturated rings. The van der Waals surface area contributed by atoms with E-state index in [-0.39, 0.29) is 0 Å². The highest BCUT2D eigenvalue weighted by Crippen LogP contribution is 2.23. The summed E-state index contributed by atoms with van der Waals surface area (Å²) in [6.07, 6.45) is 2.03. The number of halogens is 1. The Kier molecular flexibility index (Phi) is 4.44. The second kappa shape index (κ2) is 5.84. The standard InChI is InChI=1S/C11H15ClN2OS/c1-2-5-16-7-10-13-9-3-4-15-6-8(9)11(12)14-10/h2-7H2,1H3. The Labute approximate surface area is 105 Å².